The number of para-hydroxylation sites is 1. The quantitative estimate of drug-likeness (QED) is 0.367. The number of hydrogen-bond donors (Lipinski definition) is 3. The summed E-state index contributed by atoms with van der Waals surface area (Å²) in [5.74, 6) is 0.431. The molecule has 0 bridgehead atoms. The zero-order valence-corrected chi connectivity index (χ0v) is 19.9. The molecule has 0 amide bonds. The highest BCUT2D eigenvalue weighted by atomic mass is 32.2. The predicted octanol–water partition coefficient (Wildman–Crippen LogP) is 4.11. The Morgan fingerprint density at radius 3 is 2.50 bits per heavy atom. The number of hydrogen-bond acceptors (Lipinski definition) is 9. The van der Waals surface area contributed by atoms with Crippen LogP contribution >= 0.6 is 11.3 Å². The summed E-state index contributed by atoms with van der Waals surface area (Å²) < 4.78 is 26.7. The third-order valence-corrected chi connectivity index (χ3v) is 8.89. The van der Waals surface area contributed by atoms with Crippen molar-refractivity contribution in [2.45, 2.75) is 23.0 Å². The molecule has 2 aromatic carbocycles. The molecular formula is C24H24N6O2S2. The Kier molecular flexibility index (Phi) is 6.27. The van der Waals surface area contributed by atoms with E-state index in [-0.39, 0.29) is 5.25 Å². The molecule has 3 heterocycles. The number of nitrogen functional groups attached to an aromatic ring is 1. The Balaban J connectivity index is 1.25. The Morgan fingerprint density at radius 1 is 1.03 bits per heavy atom. The van der Waals surface area contributed by atoms with Crippen molar-refractivity contribution in [3.63, 3.8) is 0 Å². The van der Waals surface area contributed by atoms with E-state index in [0.29, 0.717) is 28.8 Å². The van der Waals surface area contributed by atoms with Gasteiger partial charge in [-0.05, 0) is 56.3 Å². The van der Waals surface area contributed by atoms with Gasteiger partial charge in [-0.3, -0.25) is 0 Å². The van der Waals surface area contributed by atoms with Crippen LogP contribution in [0.3, 0.4) is 0 Å². The van der Waals surface area contributed by atoms with Crippen molar-refractivity contribution >= 4 is 60.3 Å². The van der Waals surface area contributed by atoms with E-state index in [9.17, 15) is 8.42 Å². The lowest BCUT2D eigenvalue weighted by Crippen LogP contribution is -2.35. The number of anilines is 3. The van der Waals surface area contributed by atoms with E-state index < -0.39 is 9.84 Å². The van der Waals surface area contributed by atoms with Crippen LogP contribution in [-0.2, 0) is 9.84 Å². The van der Waals surface area contributed by atoms with Gasteiger partial charge >= 0.3 is 0 Å². The number of aromatic nitrogens is 3. The number of fused-ring (bicyclic) bond motifs is 1. The lowest BCUT2D eigenvalue weighted by atomic mass is 10.1. The average molecular weight is 493 g/mol. The smallest absolute Gasteiger partial charge is 0.227 e. The first kappa shape index (κ1) is 22.5. The monoisotopic (exact) mass is 492 g/mol. The fraction of sp³-hybridized carbons (Fsp3) is 0.208. The van der Waals surface area contributed by atoms with Crippen LogP contribution in [0.25, 0.3) is 22.4 Å². The van der Waals surface area contributed by atoms with Gasteiger partial charge in [0.05, 0.1) is 20.4 Å². The molecule has 0 saturated carbocycles. The average Bonchev–Trinajstić information content (AvgIpc) is 3.25. The molecule has 0 atom stereocenters. The number of nitrogens with one attached hydrogen (secondary N) is 2. The third-order valence-electron chi connectivity index (χ3n) is 5.76. The van der Waals surface area contributed by atoms with Crippen molar-refractivity contribution in [2.24, 2.45) is 0 Å². The highest BCUT2D eigenvalue weighted by Crippen LogP contribution is 2.27. The van der Waals surface area contributed by atoms with Gasteiger partial charge in [-0.2, -0.15) is 0 Å². The first-order chi connectivity index (χ1) is 16.5. The Morgan fingerprint density at radius 2 is 1.76 bits per heavy atom. The van der Waals surface area contributed by atoms with Gasteiger partial charge in [-0.25, -0.2) is 23.4 Å². The SMILES string of the molecule is Nc1nc2c(/C=C/c3cnc(Nc4ccc(S(=O)(=O)C5CCNCC5)cc4)nc3)cccc2s1. The van der Waals surface area contributed by atoms with Gasteiger partial charge in [-0.1, -0.05) is 35.6 Å². The van der Waals surface area contributed by atoms with E-state index in [1.807, 2.05) is 30.4 Å². The number of sulfone groups is 1. The largest absolute Gasteiger partial charge is 0.375 e. The summed E-state index contributed by atoms with van der Waals surface area (Å²) in [6.45, 7) is 1.47. The molecule has 0 unspecified atom stereocenters. The Hall–Kier alpha value is -3.34. The highest BCUT2D eigenvalue weighted by Gasteiger charge is 2.28. The van der Waals surface area contributed by atoms with Gasteiger partial charge in [0.15, 0.2) is 15.0 Å². The first-order valence-electron chi connectivity index (χ1n) is 11.0. The van der Waals surface area contributed by atoms with Gasteiger partial charge in [-0.15, -0.1) is 0 Å². The number of thiazole rings is 1. The molecule has 4 aromatic rings. The predicted molar refractivity (Wildman–Crippen MR) is 138 cm³/mol. The minimum Gasteiger partial charge on any atom is -0.375 e. The van der Waals surface area contributed by atoms with Crippen LogP contribution in [-0.4, -0.2) is 41.7 Å². The van der Waals surface area contributed by atoms with Gasteiger partial charge in [0.1, 0.15) is 0 Å². The van der Waals surface area contributed by atoms with Crippen LogP contribution in [0, 0.1) is 0 Å². The summed E-state index contributed by atoms with van der Waals surface area (Å²) >= 11 is 1.46. The topological polar surface area (TPSA) is 123 Å². The standard InChI is InChI=1S/C24H24N6O2S2/c25-23-30-22-17(2-1-3-21(22)33-23)5-4-16-14-27-24(28-15-16)29-18-6-8-19(9-7-18)34(31,32)20-10-12-26-13-11-20/h1-9,14-15,20,26H,10-13H2,(H2,25,30)(H,27,28,29)/b5-4+. The minimum absolute atomic E-state index is 0.323. The van der Waals surface area contributed by atoms with Gasteiger partial charge in [0, 0.05) is 29.2 Å². The van der Waals surface area contributed by atoms with Crippen LogP contribution in [0.2, 0.25) is 0 Å². The van der Waals surface area contributed by atoms with Crippen LogP contribution in [0.15, 0.2) is 59.8 Å². The Labute approximate surface area is 201 Å². The summed E-state index contributed by atoms with van der Waals surface area (Å²) in [6.07, 6.45) is 8.62. The van der Waals surface area contributed by atoms with Crippen LogP contribution in [0.4, 0.5) is 16.8 Å². The fourth-order valence-electron chi connectivity index (χ4n) is 3.95. The van der Waals surface area contributed by atoms with Crippen LogP contribution < -0.4 is 16.4 Å². The Bertz CT molecular complexity index is 1420. The van der Waals surface area contributed by atoms with E-state index in [2.05, 4.69) is 25.6 Å². The summed E-state index contributed by atoms with van der Waals surface area (Å²) in [7, 11) is -3.32. The molecule has 1 saturated heterocycles. The lowest BCUT2D eigenvalue weighted by Gasteiger charge is -2.22. The van der Waals surface area contributed by atoms with E-state index in [4.69, 9.17) is 5.73 Å². The fourth-order valence-corrected chi connectivity index (χ4v) is 6.48. The maximum atomic E-state index is 12.8. The van der Waals surface area contributed by atoms with Gasteiger partial charge in [0.25, 0.3) is 0 Å². The van der Waals surface area contributed by atoms with E-state index in [1.54, 1.807) is 36.7 Å². The minimum atomic E-state index is -3.32. The van der Waals surface area contributed by atoms with Crippen molar-refractivity contribution in [1.29, 1.82) is 0 Å². The molecule has 0 radical (unpaired) electrons. The summed E-state index contributed by atoms with van der Waals surface area (Å²) in [5, 5.41) is 6.54. The number of nitrogens with two attached hydrogens (primary N) is 1. The van der Waals surface area contributed by atoms with Crippen molar-refractivity contribution in [1.82, 2.24) is 20.3 Å². The number of rotatable bonds is 6. The first-order valence-corrected chi connectivity index (χ1v) is 13.3. The van der Waals surface area contributed by atoms with E-state index in [1.165, 1.54) is 11.3 Å². The molecule has 0 aliphatic carbocycles. The zero-order valence-electron chi connectivity index (χ0n) is 18.3. The van der Waals surface area contributed by atoms with Crippen molar-refractivity contribution < 1.29 is 8.42 Å². The van der Waals surface area contributed by atoms with E-state index >= 15 is 0 Å². The van der Waals surface area contributed by atoms with Gasteiger partial charge < -0.3 is 16.4 Å². The molecule has 34 heavy (non-hydrogen) atoms. The molecule has 1 fully saturated rings. The van der Waals surface area contributed by atoms with Gasteiger partial charge in [0.2, 0.25) is 5.95 Å². The normalized spacial score (nSPS) is 15.2. The number of benzene rings is 2. The van der Waals surface area contributed by atoms with Crippen molar-refractivity contribution in [3.8, 4) is 0 Å². The molecule has 174 valence electrons. The second-order valence-corrected chi connectivity index (χ2v) is 11.4. The molecule has 1 aliphatic heterocycles. The summed E-state index contributed by atoms with van der Waals surface area (Å²) in [6, 6.07) is 12.7. The lowest BCUT2D eigenvalue weighted by molar-refractivity contribution is 0.496. The van der Waals surface area contributed by atoms with Crippen molar-refractivity contribution in [3.05, 3.63) is 66.0 Å². The molecule has 0 spiro atoms. The van der Waals surface area contributed by atoms with E-state index in [0.717, 1.165) is 40.1 Å². The molecule has 8 nitrogen and oxygen atoms in total. The molecule has 1 aliphatic rings. The number of piperidine rings is 1. The second kappa shape index (κ2) is 9.49. The van der Waals surface area contributed by atoms with Crippen molar-refractivity contribution in [2.75, 3.05) is 24.1 Å². The number of nitrogens with zero attached hydrogens (tertiary/aromatic N) is 3. The zero-order chi connectivity index (χ0) is 23.5. The molecule has 10 heteroatoms. The van der Waals surface area contributed by atoms with Crippen LogP contribution in [0.1, 0.15) is 24.0 Å². The highest BCUT2D eigenvalue weighted by molar-refractivity contribution is 7.92. The molecule has 2 aromatic heterocycles. The van der Waals surface area contributed by atoms with Crippen LogP contribution in [0.5, 0.6) is 0 Å². The molecular weight excluding hydrogens is 468 g/mol. The summed E-state index contributed by atoms with van der Waals surface area (Å²) in [4.78, 5) is 13.5. The molecule has 5 rings (SSSR count). The molecule has 4 N–H and O–H groups in total. The third kappa shape index (κ3) is 4.79. The maximum absolute atomic E-state index is 12.8. The summed E-state index contributed by atoms with van der Waals surface area (Å²) in [5.41, 5.74) is 9.26. The second-order valence-electron chi connectivity index (χ2n) is 8.06. The maximum Gasteiger partial charge on any atom is 0.227 e.